The first-order chi connectivity index (χ1) is 8.63. The van der Waals surface area contributed by atoms with Gasteiger partial charge in [0.25, 0.3) is 0 Å². The molecule has 1 N–H and O–H groups in total. The fraction of sp³-hybridized carbons (Fsp3) is 0.923. The van der Waals surface area contributed by atoms with Gasteiger partial charge < -0.3 is 19.9 Å². The summed E-state index contributed by atoms with van der Waals surface area (Å²) in [7, 11) is 5.77. The molecule has 0 aromatic carbocycles. The Kier molecular flexibility index (Phi) is 7.23. The average Bonchev–Trinajstić information content (AvgIpc) is 3.14. The van der Waals surface area contributed by atoms with E-state index in [0.717, 1.165) is 19.5 Å². The van der Waals surface area contributed by atoms with E-state index in [9.17, 15) is 4.79 Å². The van der Waals surface area contributed by atoms with Gasteiger partial charge in [0.2, 0.25) is 5.91 Å². The van der Waals surface area contributed by atoms with Crippen LogP contribution in [-0.2, 0) is 9.53 Å². The van der Waals surface area contributed by atoms with Crippen LogP contribution in [-0.4, -0.2) is 75.7 Å². The minimum absolute atomic E-state index is 0.192. The van der Waals surface area contributed by atoms with Crippen LogP contribution in [0.25, 0.3) is 0 Å². The van der Waals surface area contributed by atoms with Gasteiger partial charge in [-0.1, -0.05) is 0 Å². The van der Waals surface area contributed by atoms with Gasteiger partial charge in [0.1, 0.15) is 0 Å². The first-order valence-corrected chi connectivity index (χ1v) is 6.78. The van der Waals surface area contributed by atoms with Crippen molar-refractivity contribution in [2.75, 3.05) is 54.0 Å². The number of nitrogens with one attached hydrogen (secondary N) is 1. The topological polar surface area (TPSA) is 44.8 Å². The van der Waals surface area contributed by atoms with E-state index in [1.54, 1.807) is 7.11 Å². The Bertz CT molecular complexity index is 242. The van der Waals surface area contributed by atoms with Crippen molar-refractivity contribution in [3.8, 4) is 0 Å². The molecule has 0 atom stereocenters. The van der Waals surface area contributed by atoms with Crippen molar-refractivity contribution in [3.63, 3.8) is 0 Å². The van der Waals surface area contributed by atoms with E-state index in [-0.39, 0.29) is 5.91 Å². The predicted molar refractivity (Wildman–Crippen MR) is 72.7 cm³/mol. The van der Waals surface area contributed by atoms with Crippen LogP contribution in [0.15, 0.2) is 0 Å². The van der Waals surface area contributed by atoms with Crippen LogP contribution in [0.5, 0.6) is 0 Å². The fourth-order valence-corrected chi connectivity index (χ4v) is 1.77. The van der Waals surface area contributed by atoms with Crippen LogP contribution in [0.2, 0.25) is 0 Å². The summed E-state index contributed by atoms with van der Waals surface area (Å²) in [5, 5.41) is 3.27. The molecule has 0 unspecified atom stereocenters. The summed E-state index contributed by atoms with van der Waals surface area (Å²) in [6.07, 6.45) is 3.43. The summed E-state index contributed by atoms with van der Waals surface area (Å²) in [6, 6.07) is 0.583. The lowest BCUT2D eigenvalue weighted by Gasteiger charge is -2.23. The molecule has 1 aliphatic carbocycles. The molecule has 0 saturated heterocycles. The number of amides is 1. The van der Waals surface area contributed by atoms with Crippen LogP contribution in [0, 0.1) is 0 Å². The summed E-state index contributed by atoms with van der Waals surface area (Å²) >= 11 is 0. The van der Waals surface area contributed by atoms with Gasteiger partial charge in [0, 0.05) is 26.2 Å². The van der Waals surface area contributed by atoms with Crippen molar-refractivity contribution in [1.82, 2.24) is 15.1 Å². The van der Waals surface area contributed by atoms with Crippen LogP contribution in [0.3, 0.4) is 0 Å². The number of methoxy groups -OCH3 is 1. The molecule has 5 nitrogen and oxygen atoms in total. The summed E-state index contributed by atoms with van der Waals surface area (Å²) in [4.78, 5) is 16.1. The number of hydrogen-bond donors (Lipinski definition) is 1. The maximum atomic E-state index is 12.1. The SMILES string of the molecule is COCCN(CCCN(C)C)C(=O)CNC1CC1. The molecule has 1 amide bonds. The van der Waals surface area contributed by atoms with Gasteiger partial charge in [-0.3, -0.25) is 4.79 Å². The molecule has 106 valence electrons. The molecule has 18 heavy (non-hydrogen) atoms. The molecule has 1 rings (SSSR count). The Morgan fingerprint density at radius 3 is 2.56 bits per heavy atom. The fourth-order valence-electron chi connectivity index (χ4n) is 1.77. The standard InChI is InChI=1S/C13H27N3O2/c1-15(2)7-4-8-16(9-10-18-3)13(17)11-14-12-5-6-12/h12,14H,4-11H2,1-3H3. The number of hydrogen-bond acceptors (Lipinski definition) is 4. The predicted octanol–water partition coefficient (Wildman–Crippen LogP) is 0.165. The number of ether oxygens (including phenoxy) is 1. The van der Waals surface area contributed by atoms with Gasteiger partial charge in [-0.05, 0) is 39.9 Å². The molecular weight excluding hydrogens is 230 g/mol. The molecule has 5 heteroatoms. The third-order valence-corrected chi connectivity index (χ3v) is 3.07. The summed E-state index contributed by atoms with van der Waals surface area (Å²) in [5.74, 6) is 0.192. The summed E-state index contributed by atoms with van der Waals surface area (Å²) in [6.45, 7) is 3.59. The lowest BCUT2D eigenvalue weighted by atomic mass is 10.3. The lowest BCUT2D eigenvalue weighted by molar-refractivity contribution is -0.131. The van der Waals surface area contributed by atoms with Gasteiger partial charge in [-0.2, -0.15) is 0 Å². The van der Waals surface area contributed by atoms with Gasteiger partial charge >= 0.3 is 0 Å². The second-order valence-electron chi connectivity index (χ2n) is 5.19. The molecule has 0 aromatic rings. The Balaban J connectivity index is 2.24. The van der Waals surface area contributed by atoms with Gasteiger partial charge in [0.15, 0.2) is 0 Å². The van der Waals surface area contributed by atoms with E-state index in [0.29, 0.717) is 25.7 Å². The molecule has 0 aromatic heterocycles. The molecule has 0 spiro atoms. The maximum absolute atomic E-state index is 12.1. The Labute approximate surface area is 110 Å². The minimum Gasteiger partial charge on any atom is -0.383 e. The van der Waals surface area contributed by atoms with E-state index in [1.165, 1.54) is 12.8 Å². The Morgan fingerprint density at radius 1 is 1.28 bits per heavy atom. The van der Waals surface area contributed by atoms with Crippen LogP contribution in [0.1, 0.15) is 19.3 Å². The third kappa shape index (κ3) is 6.93. The highest BCUT2D eigenvalue weighted by Gasteiger charge is 2.22. The van der Waals surface area contributed by atoms with E-state index < -0.39 is 0 Å². The normalized spacial score (nSPS) is 15.1. The largest absolute Gasteiger partial charge is 0.383 e. The second-order valence-corrected chi connectivity index (χ2v) is 5.19. The first-order valence-electron chi connectivity index (χ1n) is 6.78. The number of carbonyl (C=O) groups is 1. The zero-order valence-corrected chi connectivity index (χ0v) is 11.9. The molecule has 1 saturated carbocycles. The lowest BCUT2D eigenvalue weighted by Crippen LogP contribution is -2.41. The third-order valence-electron chi connectivity index (χ3n) is 3.07. The molecule has 0 radical (unpaired) electrons. The Hall–Kier alpha value is -0.650. The molecule has 0 aliphatic heterocycles. The Morgan fingerprint density at radius 2 is 2.00 bits per heavy atom. The summed E-state index contributed by atoms with van der Waals surface area (Å²) < 4.78 is 5.06. The molecular formula is C13H27N3O2. The zero-order chi connectivity index (χ0) is 13.4. The molecule has 1 aliphatic rings. The van der Waals surface area contributed by atoms with E-state index in [1.807, 2.05) is 4.90 Å². The quantitative estimate of drug-likeness (QED) is 0.606. The first kappa shape index (κ1) is 15.4. The molecule has 0 heterocycles. The van der Waals surface area contributed by atoms with E-state index in [2.05, 4.69) is 24.3 Å². The van der Waals surface area contributed by atoms with E-state index >= 15 is 0 Å². The van der Waals surface area contributed by atoms with Crippen molar-refractivity contribution in [3.05, 3.63) is 0 Å². The van der Waals surface area contributed by atoms with Crippen molar-refractivity contribution >= 4 is 5.91 Å². The van der Waals surface area contributed by atoms with E-state index in [4.69, 9.17) is 4.74 Å². The van der Waals surface area contributed by atoms with Crippen molar-refractivity contribution < 1.29 is 9.53 Å². The highest BCUT2D eigenvalue weighted by atomic mass is 16.5. The minimum atomic E-state index is 0.192. The second kappa shape index (κ2) is 8.45. The van der Waals surface area contributed by atoms with Crippen LogP contribution in [0.4, 0.5) is 0 Å². The highest BCUT2D eigenvalue weighted by Crippen LogP contribution is 2.18. The number of nitrogens with zero attached hydrogens (tertiary/aromatic N) is 2. The van der Waals surface area contributed by atoms with Crippen molar-refractivity contribution in [2.45, 2.75) is 25.3 Å². The van der Waals surface area contributed by atoms with Crippen molar-refractivity contribution in [2.24, 2.45) is 0 Å². The molecule has 1 fully saturated rings. The maximum Gasteiger partial charge on any atom is 0.236 e. The van der Waals surface area contributed by atoms with Gasteiger partial charge in [-0.25, -0.2) is 0 Å². The van der Waals surface area contributed by atoms with Crippen LogP contribution < -0.4 is 5.32 Å². The summed E-state index contributed by atoms with van der Waals surface area (Å²) in [5.41, 5.74) is 0. The van der Waals surface area contributed by atoms with Crippen LogP contribution >= 0.6 is 0 Å². The van der Waals surface area contributed by atoms with Gasteiger partial charge in [-0.15, -0.1) is 0 Å². The number of rotatable bonds is 10. The monoisotopic (exact) mass is 257 g/mol. The highest BCUT2D eigenvalue weighted by molar-refractivity contribution is 5.78. The average molecular weight is 257 g/mol. The molecule has 0 bridgehead atoms. The number of carbonyl (C=O) groups excluding carboxylic acids is 1. The van der Waals surface area contributed by atoms with Gasteiger partial charge in [0.05, 0.1) is 13.2 Å². The van der Waals surface area contributed by atoms with Crippen molar-refractivity contribution in [1.29, 1.82) is 0 Å². The smallest absolute Gasteiger partial charge is 0.236 e. The zero-order valence-electron chi connectivity index (χ0n) is 11.9.